The molecule has 0 bridgehead atoms. The fraction of sp³-hybridized carbons (Fsp3) is 0.250. The first kappa shape index (κ1) is 12.5. The monoisotopic (exact) mass is 264 g/mol. The highest BCUT2D eigenvalue weighted by Crippen LogP contribution is 2.09. The van der Waals surface area contributed by atoms with Crippen molar-refractivity contribution >= 4 is 29.1 Å². The Morgan fingerprint density at radius 3 is 2.67 bits per heavy atom. The van der Waals surface area contributed by atoms with Crippen LogP contribution >= 0.6 is 12.2 Å². The summed E-state index contributed by atoms with van der Waals surface area (Å²) >= 11 is 4.93. The van der Waals surface area contributed by atoms with Crippen molar-refractivity contribution in [3.05, 3.63) is 30.3 Å². The van der Waals surface area contributed by atoms with Crippen LogP contribution in [-0.4, -0.2) is 35.0 Å². The van der Waals surface area contributed by atoms with Crippen molar-refractivity contribution in [2.75, 3.05) is 13.2 Å². The predicted octanol–water partition coefficient (Wildman–Crippen LogP) is 0.699. The second-order valence-electron chi connectivity index (χ2n) is 3.74. The van der Waals surface area contributed by atoms with E-state index in [-0.39, 0.29) is 23.3 Å². The van der Waals surface area contributed by atoms with E-state index in [1.54, 1.807) is 0 Å². The lowest BCUT2D eigenvalue weighted by atomic mass is 10.3. The van der Waals surface area contributed by atoms with E-state index in [9.17, 15) is 9.59 Å². The van der Waals surface area contributed by atoms with E-state index in [0.717, 1.165) is 5.75 Å². The summed E-state index contributed by atoms with van der Waals surface area (Å²) in [4.78, 5) is 24.0. The zero-order chi connectivity index (χ0) is 13.0. The largest absolute Gasteiger partial charge is 0.492 e. The van der Waals surface area contributed by atoms with E-state index in [2.05, 4.69) is 5.32 Å². The number of thiocarbonyl (C=S) groups is 1. The number of carbonyl (C=O) groups excluding carboxylic acids is 2. The van der Waals surface area contributed by atoms with Gasteiger partial charge in [-0.1, -0.05) is 18.2 Å². The number of ether oxygens (including phenoxy) is 1. The van der Waals surface area contributed by atoms with Gasteiger partial charge in [0.2, 0.25) is 11.8 Å². The SMILES string of the molecule is O=C1CC(=O)N(CCOc2ccccc2)C(=S)N1. The molecule has 0 unspecified atom stereocenters. The normalized spacial score (nSPS) is 15.6. The van der Waals surface area contributed by atoms with Gasteiger partial charge in [-0.15, -0.1) is 0 Å². The third kappa shape index (κ3) is 3.04. The van der Waals surface area contributed by atoms with Crippen molar-refractivity contribution in [1.29, 1.82) is 0 Å². The van der Waals surface area contributed by atoms with Crippen LogP contribution in [0.25, 0.3) is 0 Å². The van der Waals surface area contributed by atoms with Gasteiger partial charge in [0.25, 0.3) is 0 Å². The summed E-state index contributed by atoms with van der Waals surface area (Å²) in [6, 6.07) is 9.29. The molecule has 1 aromatic carbocycles. The van der Waals surface area contributed by atoms with Crippen LogP contribution in [0.15, 0.2) is 30.3 Å². The number of hydrogen-bond donors (Lipinski definition) is 1. The number of hydrogen-bond acceptors (Lipinski definition) is 4. The van der Waals surface area contributed by atoms with Crippen molar-refractivity contribution in [1.82, 2.24) is 10.2 Å². The lowest BCUT2D eigenvalue weighted by Gasteiger charge is -2.27. The third-order valence-electron chi connectivity index (χ3n) is 2.43. The van der Waals surface area contributed by atoms with E-state index in [0.29, 0.717) is 13.2 Å². The van der Waals surface area contributed by atoms with E-state index in [1.807, 2.05) is 30.3 Å². The Hall–Kier alpha value is -1.95. The van der Waals surface area contributed by atoms with Crippen LogP contribution in [0.2, 0.25) is 0 Å². The van der Waals surface area contributed by atoms with Crippen molar-refractivity contribution < 1.29 is 14.3 Å². The van der Waals surface area contributed by atoms with Crippen LogP contribution in [0.3, 0.4) is 0 Å². The van der Waals surface area contributed by atoms with Gasteiger partial charge in [-0.2, -0.15) is 0 Å². The maximum Gasteiger partial charge on any atom is 0.238 e. The van der Waals surface area contributed by atoms with E-state index in [4.69, 9.17) is 17.0 Å². The molecule has 0 atom stereocenters. The van der Waals surface area contributed by atoms with E-state index < -0.39 is 0 Å². The van der Waals surface area contributed by atoms with Gasteiger partial charge in [0.15, 0.2) is 5.11 Å². The van der Waals surface area contributed by atoms with Gasteiger partial charge >= 0.3 is 0 Å². The summed E-state index contributed by atoms with van der Waals surface area (Å²) in [5.74, 6) is 0.0857. The molecule has 0 radical (unpaired) electrons. The minimum Gasteiger partial charge on any atom is -0.492 e. The molecule has 1 saturated heterocycles. The van der Waals surface area contributed by atoms with Gasteiger partial charge in [0, 0.05) is 0 Å². The minimum atomic E-state index is -0.356. The predicted molar refractivity (Wildman–Crippen MR) is 69.0 cm³/mol. The molecule has 0 spiro atoms. The summed E-state index contributed by atoms with van der Waals surface area (Å²) in [6.45, 7) is 0.651. The van der Waals surface area contributed by atoms with Gasteiger partial charge in [0.1, 0.15) is 18.8 Å². The van der Waals surface area contributed by atoms with E-state index >= 15 is 0 Å². The summed E-state index contributed by atoms with van der Waals surface area (Å²) in [7, 11) is 0. The molecule has 6 heteroatoms. The maximum atomic E-state index is 11.6. The molecule has 94 valence electrons. The Kier molecular flexibility index (Phi) is 3.88. The first-order chi connectivity index (χ1) is 8.66. The third-order valence-corrected chi connectivity index (χ3v) is 2.75. The number of rotatable bonds is 4. The molecule has 18 heavy (non-hydrogen) atoms. The molecule has 2 amide bonds. The fourth-order valence-corrected chi connectivity index (χ4v) is 1.88. The highest BCUT2D eigenvalue weighted by Gasteiger charge is 2.27. The Labute approximate surface area is 110 Å². The average molecular weight is 264 g/mol. The Balaban J connectivity index is 1.85. The molecule has 2 rings (SSSR count). The number of nitrogens with zero attached hydrogens (tertiary/aromatic N) is 1. The van der Waals surface area contributed by atoms with Gasteiger partial charge in [0.05, 0.1) is 6.54 Å². The topological polar surface area (TPSA) is 58.6 Å². The van der Waals surface area contributed by atoms with Crippen LogP contribution in [0.5, 0.6) is 5.75 Å². The molecule has 0 saturated carbocycles. The van der Waals surface area contributed by atoms with Crippen molar-refractivity contribution in [2.45, 2.75) is 6.42 Å². The Morgan fingerprint density at radius 2 is 2.00 bits per heavy atom. The lowest BCUT2D eigenvalue weighted by molar-refractivity contribution is -0.135. The van der Waals surface area contributed by atoms with Crippen molar-refractivity contribution in [3.63, 3.8) is 0 Å². The first-order valence-corrected chi connectivity index (χ1v) is 5.89. The Morgan fingerprint density at radius 1 is 1.28 bits per heavy atom. The first-order valence-electron chi connectivity index (χ1n) is 5.49. The summed E-state index contributed by atoms with van der Waals surface area (Å²) in [5.41, 5.74) is 0. The van der Waals surface area contributed by atoms with Crippen LogP contribution in [0, 0.1) is 0 Å². The van der Waals surface area contributed by atoms with Crippen LogP contribution in [0.1, 0.15) is 6.42 Å². The zero-order valence-corrected chi connectivity index (χ0v) is 10.4. The number of carbonyl (C=O) groups is 2. The molecule has 1 N–H and O–H groups in total. The fourth-order valence-electron chi connectivity index (χ4n) is 1.57. The number of benzene rings is 1. The Bertz CT molecular complexity index is 455. The average Bonchev–Trinajstić information content (AvgIpc) is 2.34. The lowest BCUT2D eigenvalue weighted by Crippen LogP contribution is -2.53. The quantitative estimate of drug-likeness (QED) is 0.642. The maximum absolute atomic E-state index is 11.6. The zero-order valence-electron chi connectivity index (χ0n) is 9.59. The molecule has 0 aromatic heterocycles. The van der Waals surface area contributed by atoms with Crippen LogP contribution in [0.4, 0.5) is 0 Å². The molecule has 1 heterocycles. The number of amides is 2. The number of para-hydroxylation sites is 1. The standard InChI is InChI=1S/C12H12N2O3S/c15-10-8-11(16)14(12(18)13-10)6-7-17-9-4-2-1-3-5-9/h1-5H,6-8H2,(H,13,15,18). The molecule has 1 aromatic rings. The highest BCUT2D eigenvalue weighted by atomic mass is 32.1. The molecular formula is C12H12N2O3S. The summed E-state index contributed by atoms with van der Waals surface area (Å²) in [5, 5.41) is 2.60. The van der Waals surface area contributed by atoms with Gasteiger partial charge in [-0.25, -0.2) is 0 Å². The van der Waals surface area contributed by atoms with Crippen LogP contribution < -0.4 is 10.1 Å². The molecule has 1 fully saturated rings. The number of nitrogens with one attached hydrogen (secondary N) is 1. The molecule has 5 nitrogen and oxygen atoms in total. The summed E-state index contributed by atoms with van der Waals surface area (Å²) in [6.07, 6.45) is -0.161. The van der Waals surface area contributed by atoms with Crippen LogP contribution in [-0.2, 0) is 9.59 Å². The second-order valence-corrected chi connectivity index (χ2v) is 4.12. The van der Waals surface area contributed by atoms with Gasteiger partial charge < -0.3 is 10.1 Å². The van der Waals surface area contributed by atoms with Gasteiger partial charge in [-0.05, 0) is 24.4 Å². The minimum absolute atomic E-state index is 0.146. The second kappa shape index (κ2) is 5.59. The molecule has 1 aliphatic heterocycles. The molecule has 0 aliphatic carbocycles. The van der Waals surface area contributed by atoms with Crippen molar-refractivity contribution in [3.8, 4) is 5.75 Å². The van der Waals surface area contributed by atoms with E-state index in [1.165, 1.54) is 4.90 Å². The summed E-state index contributed by atoms with van der Waals surface area (Å²) < 4.78 is 5.47. The molecule has 1 aliphatic rings. The van der Waals surface area contributed by atoms with Crippen molar-refractivity contribution in [2.24, 2.45) is 0 Å². The van der Waals surface area contributed by atoms with Gasteiger partial charge in [-0.3, -0.25) is 14.5 Å². The molecular weight excluding hydrogens is 252 g/mol. The smallest absolute Gasteiger partial charge is 0.238 e. The highest BCUT2D eigenvalue weighted by molar-refractivity contribution is 7.80.